The Morgan fingerprint density at radius 1 is 0.839 bits per heavy atom. The maximum atomic E-state index is 5.92. The lowest BCUT2D eigenvalue weighted by molar-refractivity contribution is 0.304. The molecule has 5 heteroatoms. The average Bonchev–Trinajstić information content (AvgIpc) is 2.71. The Morgan fingerprint density at radius 3 is 1.94 bits per heavy atom. The Morgan fingerprint density at radius 2 is 1.39 bits per heavy atom. The van der Waals surface area contributed by atoms with Crippen molar-refractivity contribution in [1.82, 2.24) is 10.2 Å². The number of ether oxygens (including phenoxy) is 1. The van der Waals surface area contributed by atoms with Crippen molar-refractivity contribution in [2.24, 2.45) is 0 Å². The summed E-state index contributed by atoms with van der Waals surface area (Å²) < 4.78 is 5.92. The van der Waals surface area contributed by atoms with Gasteiger partial charge in [0.15, 0.2) is 0 Å². The summed E-state index contributed by atoms with van der Waals surface area (Å²) in [6.45, 7) is 7.56. The molecule has 0 amide bonds. The molecule has 0 heterocycles. The fourth-order valence-electron chi connectivity index (χ4n) is 3.55. The van der Waals surface area contributed by atoms with Gasteiger partial charge in [-0.1, -0.05) is 76.8 Å². The second-order valence-corrected chi connectivity index (χ2v) is 8.87. The lowest BCUT2D eigenvalue weighted by Gasteiger charge is -2.16. The predicted octanol–water partition coefficient (Wildman–Crippen LogP) is 7.30. The number of hydrogen-bond donors (Lipinski definition) is 1. The minimum Gasteiger partial charge on any atom is -0.494 e. The van der Waals surface area contributed by atoms with Gasteiger partial charge < -0.3 is 15.0 Å². The Kier molecular flexibility index (Phi) is 23.9. The van der Waals surface area contributed by atoms with Crippen molar-refractivity contribution < 1.29 is 4.74 Å². The summed E-state index contributed by atoms with van der Waals surface area (Å²) in [4.78, 5) is 2.22. The smallest absolute Gasteiger partial charge is 0.119 e. The van der Waals surface area contributed by atoms with Gasteiger partial charge >= 0.3 is 0 Å². The number of halogens is 2. The molecule has 0 bridgehead atoms. The Labute approximate surface area is 205 Å². The minimum atomic E-state index is 0. The largest absolute Gasteiger partial charge is 0.494 e. The molecule has 0 fully saturated rings. The van der Waals surface area contributed by atoms with Gasteiger partial charge in [-0.3, -0.25) is 0 Å². The van der Waals surface area contributed by atoms with E-state index in [-0.39, 0.29) is 24.8 Å². The molecule has 1 N–H and O–H groups in total. The number of nitrogens with one attached hydrogen (secondary N) is 1. The fraction of sp³-hybridized carbons (Fsp3) is 0.769. The molecule has 0 aliphatic carbocycles. The third-order valence-corrected chi connectivity index (χ3v) is 5.61. The highest BCUT2D eigenvalue weighted by molar-refractivity contribution is 5.85. The zero-order valence-electron chi connectivity index (χ0n) is 20.7. The van der Waals surface area contributed by atoms with Crippen LogP contribution >= 0.6 is 24.8 Å². The van der Waals surface area contributed by atoms with Crippen LogP contribution in [-0.4, -0.2) is 44.7 Å². The van der Waals surface area contributed by atoms with Crippen molar-refractivity contribution in [2.45, 2.75) is 96.9 Å². The molecule has 3 nitrogen and oxygen atoms in total. The number of benzene rings is 1. The molecule has 1 rings (SSSR count). The number of aryl methyl sites for hydroxylation is 1. The van der Waals surface area contributed by atoms with Crippen LogP contribution < -0.4 is 10.1 Å². The van der Waals surface area contributed by atoms with Crippen LogP contribution in [0, 0.1) is 0 Å². The van der Waals surface area contributed by atoms with Gasteiger partial charge in [0, 0.05) is 19.1 Å². The summed E-state index contributed by atoms with van der Waals surface area (Å²) in [5.74, 6) is 1.02. The van der Waals surface area contributed by atoms with Gasteiger partial charge in [0.25, 0.3) is 0 Å². The average molecular weight is 478 g/mol. The molecular weight excluding hydrogens is 427 g/mol. The zero-order valence-corrected chi connectivity index (χ0v) is 22.3. The minimum absolute atomic E-state index is 0. The summed E-state index contributed by atoms with van der Waals surface area (Å²) >= 11 is 0. The van der Waals surface area contributed by atoms with E-state index in [2.05, 4.69) is 62.4 Å². The second kappa shape index (κ2) is 22.7. The van der Waals surface area contributed by atoms with Crippen molar-refractivity contribution in [2.75, 3.05) is 33.8 Å². The number of unbranched alkanes of at least 4 members (excludes halogenated alkanes) is 9. The van der Waals surface area contributed by atoms with E-state index >= 15 is 0 Å². The van der Waals surface area contributed by atoms with Crippen LogP contribution in [0.25, 0.3) is 0 Å². The SMILES string of the molecule is CCCCCCCCCCCCOc1ccc(CCC(C)NCCN(C)C)cc1.Cl.Cl. The molecule has 1 atom stereocenters. The molecule has 0 aromatic heterocycles. The van der Waals surface area contributed by atoms with E-state index < -0.39 is 0 Å². The van der Waals surface area contributed by atoms with Gasteiger partial charge in [0.05, 0.1) is 6.61 Å². The second-order valence-electron chi connectivity index (χ2n) is 8.87. The van der Waals surface area contributed by atoms with Gasteiger partial charge in [-0.2, -0.15) is 0 Å². The zero-order chi connectivity index (χ0) is 21.2. The van der Waals surface area contributed by atoms with E-state index in [0.717, 1.165) is 31.9 Å². The standard InChI is InChI=1S/C26H48N2O.2ClH/c1-5-6-7-8-9-10-11-12-13-14-23-29-26-19-17-25(18-20-26)16-15-24(2)27-21-22-28(3)4;;/h17-20,24,27H,5-16,21-23H2,1-4H3;2*1H. The molecule has 31 heavy (non-hydrogen) atoms. The summed E-state index contributed by atoms with van der Waals surface area (Å²) in [5, 5.41) is 3.59. The van der Waals surface area contributed by atoms with Crippen LogP contribution in [0.4, 0.5) is 0 Å². The fourth-order valence-corrected chi connectivity index (χ4v) is 3.55. The van der Waals surface area contributed by atoms with E-state index in [1.807, 2.05) is 0 Å². The van der Waals surface area contributed by atoms with Crippen LogP contribution in [0.5, 0.6) is 5.75 Å². The van der Waals surface area contributed by atoms with Gasteiger partial charge in [-0.05, 0) is 58.0 Å². The van der Waals surface area contributed by atoms with Crippen LogP contribution in [-0.2, 0) is 6.42 Å². The maximum absolute atomic E-state index is 5.92. The van der Waals surface area contributed by atoms with Crippen molar-refractivity contribution in [3.63, 3.8) is 0 Å². The molecule has 184 valence electrons. The molecule has 0 saturated carbocycles. The van der Waals surface area contributed by atoms with Crippen LogP contribution in [0.3, 0.4) is 0 Å². The number of nitrogens with zero attached hydrogens (tertiary/aromatic N) is 1. The molecule has 1 aromatic carbocycles. The number of hydrogen-bond acceptors (Lipinski definition) is 3. The highest BCUT2D eigenvalue weighted by Crippen LogP contribution is 2.15. The quantitative estimate of drug-likeness (QED) is 0.212. The van der Waals surface area contributed by atoms with Crippen molar-refractivity contribution >= 4 is 24.8 Å². The molecular formula is C26H50Cl2N2O. The highest BCUT2D eigenvalue weighted by atomic mass is 35.5. The third-order valence-electron chi connectivity index (χ3n) is 5.61. The Balaban J connectivity index is 0. The van der Waals surface area contributed by atoms with Crippen LogP contribution in [0.15, 0.2) is 24.3 Å². The lowest BCUT2D eigenvalue weighted by Crippen LogP contribution is -2.33. The summed E-state index contributed by atoms with van der Waals surface area (Å²) in [6.07, 6.45) is 16.0. The first-order valence-electron chi connectivity index (χ1n) is 12.2. The molecule has 0 saturated heterocycles. The van der Waals surface area contributed by atoms with Crippen molar-refractivity contribution in [3.8, 4) is 5.75 Å². The highest BCUT2D eigenvalue weighted by Gasteiger charge is 2.03. The summed E-state index contributed by atoms with van der Waals surface area (Å²) in [6, 6.07) is 9.27. The molecule has 1 unspecified atom stereocenters. The monoisotopic (exact) mass is 476 g/mol. The molecule has 0 aliphatic rings. The van der Waals surface area contributed by atoms with E-state index in [9.17, 15) is 0 Å². The molecule has 1 aromatic rings. The van der Waals surface area contributed by atoms with E-state index in [0.29, 0.717) is 6.04 Å². The Bertz CT molecular complexity index is 483. The van der Waals surface area contributed by atoms with Gasteiger partial charge in [0.2, 0.25) is 0 Å². The molecule has 0 spiro atoms. The number of likely N-dealkylation sites (N-methyl/N-ethyl adjacent to an activating group) is 1. The predicted molar refractivity (Wildman–Crippen MR) is 143 cm³/mol. The van der Waals surface area contributed by atoms with Gasteiger partial charge in [-0.15, -0.1) is 24.8 Å². The van der Waals surface area contributed by atoms with Crippen LogP contribution in [0.1, 0.15) is 90.0 Å². The Hall–Kier alpha value is -0.480. The molecule has 0 radical (unpaired) electrons. The summed E-state index contributed by atoms with van der Waals surface area (Å²) in [7, 11) is 4.24. The van der Waals surface area contributed by atoms with Crippen LogP contribution in [0.2, 0.25) is 0 Å². The third kappa shape index (κ3) is 19.9. The van der Waals surface area contributed by atoms with Crippen molar-refractivity contribution in [1.29, 1.82) is 0 Å². The maximum Gasteiger partial charge on any atom is 0.119 e. The van der Waals surface area contributed by atoms with E-state index in [1.54, 1.807) is 0 Å². The topological polar surface area (TPSA) is 24.5 Å². The lowest BCUT2D eigenvalue weighted by atomic mass is 10.1. The summed E-state index contributed by atoms with van der Waals surface area (Å²) in [5.41, 5.74) is 1.40. The van der Waals surface area contributed by atoms with Gasteiger partial charge in [-0.25, -0.2) is 0 Å². The first-order valence-corrected chi connectivity index (χ1v) is 12.2. The number of rotatable bonds is 19. The normalized spacial score (nSPS) is 11.6. The first-order chi connectivity index (χ1) is 14.1. The first kappa shape index (κ1) is 32.7. The van der Waals surface area contributed by atoms with Crippen molar-refractivity contribution in [3.05, 3.63) is 29.8 Å². The van der Waals surface area contributed by atoms with Gasteiger partial charge in [0.1, 0.15) is 5.75 Å². The van der Waals surface area contributed by atoms with E-state index in [1.165, 1.54) is 76.2 Å². The molecule has 0 aliphatic heterocycles. The van der Waals surface area contributed by atoms with E-state index in [4.69, 9.17) is 4.74 Å².